The fraction of sp³-hybridized carbons (Fsp3) is 0.320. The molecule has 1 N–H and O–H groups in total. The number of urea groups is 1. The first-order valence-electron chi connectivity index (χ1n) is 10.2. The van der Waals surface area contributed by atoms with Crippen LogP contribution in [-0.2, 0) is 13.1 Å². The summed E-state index contributed by atoms with van der Waals surface area (Å²) in [5.74, 6) is 0. The Balaban J connectivity index is 1.76. The van der Waals surface area contributed by atoms with Crippen molar-refractivity contribution in [2.75, 3.05) is 5.32 Å². The second-order valence-electron chi connectivity index (χ2n) is 8.09. The van der Waals surface area contributed by atoms with E-state index >= 15 is 0 Å². The highest BCUT2D eigenvalue weighted by Crippen LogP contribution is 2.19. The highest BCUT2D eigenvalue weighted by molar-refractivity contribution is 5.90. The fourth-order valence-corrected chi connectivity index (χ4v) is 3.56. The van der Waals surface area contributed by atoms with E-state index in [0.29, 0.717) is 6.54 Å². The topological polar surface area (TPSA) is 37.3 Å². The van der Waals surface area contributed by atoms with E-state index in [4.69, 9.17) is 0 Å². The maximum atomic E-state index is 13.0. The van der Waals surface area contributed by atoms with Gasteiger partial charge in [-0.15, -0.1) is 0 Å². The molecule has 0 saturated heterocycles. The molecule has 1 heterocycles. The van der Waals surface area contributed by atoms with E-state index in [0.717, 1.165) is 23.5 Å². The Morgan fingerprint density at radius 2 is 1.76 bits per heavy atom. The summed E-state index contributed by atoms with van der Waals surface area (Å²) in [5, 5.41) is 3.09. The lowest BCUT2D eigenvalue weighted by Crippen LogP contribution is -2.40. The van der Waals surface area contributed by atoms with Gasteiger partial charge in [-0.2, -0.15) is 0 Å². The molecule has 2 aromatic carbocycles. The van der Waals surface area contributed by atoms with Gasteiger partial charge < -0.3 is 14.8 Å². The molecule has 0 aliphatic carbocycles. The fourth-order valence-electron chi connectivity index (χ4n) is 3.56. The summed E-state index contributed by atoms with van der Waals surface area (Å²) in [6, 6.07) is 18.8. The van der Waals surface area contributed by atoms with Crippen molar-refractivity contribution >= 4 is 11.7 Å². The molecule has 0 unspecified atom stereocenters. The zero-order chi connectivity index (χ0) is 21.0. The van der Waals surface area contributed by atoms with Gasteiger partial charge in [0.15, 0.2) is 0 Å². The molecular formula is C25H31N3O. The quantitative estimate of drug-likeness (QED) is 0.559. The summed E-state index contributed by atoms with van der Waals surface area (Å²) >= 11 is 0. The SMILES string of the molecule is Cc1cccc(Cn2cccc2CN(C(=O)Nc2ccc(C)cc2C)C(C)C)c1. The minimum Gasteiger partial charge on any atom is -0.345 e. The van der Waals surface area contributed by atoms with Crippen molar-refractivity contribution in [2.24, 2.45) is 0 Å². The van der Waals surface area contributed by atoms with Crippen LogP contribution in [0, 0.1) is 20.8 Å². The number of aryl methyl sites for hydroxylation is 3. The standard InChI is InChI=1S/C25H31N3O/c1-18(2)28(25(29)26-24-12-11-20(4)14-21(24)5)17-23-10-7-13-27(23)16-22-9-6-8-19(3)15-22/h6-15,18H,16-17H2,1-5H3,(H,26,29). The molecule has 0 radical (unpaired) electrons. The van der Waals surface area contributed by atoms with E-state index in [9.17, 15) is 4.79 Å². The number of anilines is 1. The van der Waals surface area contributed by atoms with Crippen molar-refractivity contribution in [2.45, 2.75) is 53.8 Å². The number of aromatic nitrogens is 1. The maximum absolute atomic E-state index is 13.0. The Bertz CT molecular complexity index is 987. The van der Waals surface area contributed by atoms with Crippen LogP contribution in [0.3, 0.4) is 0 Å². The normalized spacial score (nSPS) is 11.0. The predicted octanol–water partition coefficient (Wildman–Crippen LogP) is 5.90. The minimum absolute atomic E-state index is 0.0738. The molecular weight excluding hydrogens is 358 g/mol. The number of hydrogen-bond donors (Lipinski definition) is 1. The third-order valence-corrected chi connectivity index (χ3v) is 5.20. The molecule has 2 amide bonds. The van der Waals surface area contributed by atoms with E-state index in [1.807, 2.05) is 30.0 Å². The van der Waals surface area contributed by atoms with Crippen molar-refractivity contribution in [1.82, 2.24) is 9.47 Å². The van der Waals surface area contributed by atoms with E-state index in [1.165, 1.54) is 16.7 Å². The van der Waals surface area contributed by atoms with Gasteiger partial charge in [-0.1, -0.05) is 47.5 Å². The lowest BCUT2D eigenvalue weighted by atomic mass is 10.1. The number of nitrogens with one attached hydrogen (secondary N) is 1. The van der Waals surface area contributed by atoms with Crippen LogP contribution < -0.4 is 5.32 Å². The zero-order valence-corrected chi connectivity index (χ0v) is 18.1. The van der Waals surface area contributed by atoms with Gasteiger partial charge >= 0.3 is 6.03 Å². The van der Waals surface area contributed by atoms with E-state index in [2.05, 4.69) is 80.2 Å². The largest absolute Gasteiger partial charge is 0.345 e. The number of benzene rings is 2. The Morgan fingerprint density at radius 1 is 1.00 bits per heavy atom. The predicted molar refractivity (Wildman–Crippen MR) is 120 cm³/mol. The summed E-state index contributed by atoms with van der Waals surface area (Å²) in [4.78, 5) is 14.9. The zero-order valence-electron chi connectivity index (χ0n) is 18.1. The Morgan fingerprint density at radius 3 is 2.45 bits per heavy atom. The molecule has 4 heteroatoms. The second-order valence-corrected chi connectivity index (χ2v) is 8.09. The molecule has 0 aliphatic rings. The summed E-state index contributed by atoms with van der Waals surface area (Å²) in [6.07, 6.45) is 2.08. The molecule has 1 aromatic heterocycles. The van der Waals surface area contributed by atoms with Crippen LogP contribution in [-0.4, -0.2) is 21.5 Å². The van der Waals surface area contributed by atoms with Crippen LogP contribution >= 0.6 is 0 Å². The number of amides is 2. The van der Waals surface area contributed by atoms with Crippen LogP contribution in [0.15, 0.2) is 60.8 Å². The average Bonchev–Trinajstić information content (AvgIpc) is 3.08. The van der Waals surface area contributed by atoms with Gasteiger partial charge in [0, 0.05) is 30.2 Å². The van der Waals surface area contributed by atoms with Crippen LogP contribution in [0.2, 0.25) is 0 Å². The molecule has 0 bridgehead atoms. The molecule has 0 atom stereocenters. The summed E-state index contributed by atoms with van der Waals surface area (Å²) < 4.78 is 2.22. The molecule has 0 fully saturated rings. The lowest BCUT2D eigenvalue weighted by molar-refractivity contribution is 0.192. The smallest absolute Gasteiger partial charge is 0.322 e. The van der Waals surface area contributed by atoms with Gasteiger partial charge in [0.05, 0.1) is 6.54 Å². The van der Waals surface area contributed by atoms with Crippen LogP contribution in [0.25, 0.3) is 0 Å². The Labute approximate surface area is 174 Å². The van der Waals surface area contributed by atoms with Crippen molar-refractivity contribution in [1.29, 1.82) is 0 Å². The number of carbonyl (C=O) groups excluding carboxylic acids is 1. The van der Waals surface area contributed by atoms with Crippen molar-refractivity contribution in [3.05, 3.63) is 88.7 Å². The second kappa shape index (κ2) is 8.99. The van der Waals surface area contributed by atoms with Gasteiger partial charge in [-0.05, 0) is 63.9 Å². The first-order chi connectivity index (χ1) is 13.8. The van der Waals surface area contributed by atoms with E-state index in [1.54, 1.807) is 0 Å². The van der Waals surface area contributed by atoms with Crippen LogP contribution in [0.5, 0.6) is 0 Å². The van der Waals surface area contributed by atoms with Crippen LogP contribution in [0.1, 0.15) is 41.8 Å². The van der Waals surface area contributed by atoms with Gasteiger partial charge in [0.2, 0.25) is 0 Å². The maximum Gasteiger partial charge on any atom is 0.322 e. The van der Waals surface area contributed by atoms with Gasteiger partial charge in [-0.25, -0.2) is 4.79 Å². The molecule has 4 nitrogen and oxygen atoms in total. The molecule has 0 saturated carbocycles. The molecule has 29 heavy (non-hydrogen) atoms. The first kappa shape index (κ1) is 20.7. The molecule has 3 aromatic rings. The van der Waals surface area contributed by atoms with Crippen molar-refractivity contribution in [3.8, 4) is 0 Å². The van der Waals surface area contributed by atoms with Gasteiger partial charge in [0.25, 0.3) is 0 Å². The molecule has 0 aliphatic heterocycles. The Hall–Kier alpha value is -3.01. The molecule has 3 rings (SSSR count). The summed E-state index contributed by atoms with van der Waals surface area (Å²) in [6.45, 7) is 11.7. The lowest BCUT2D eigenvalue weighted by Gasteiger charge is -2.28. The van der Waals surface area contributed by atoms with Crippen molar-refractivity contribution < 1.29 is 4.79 Å². The van der Waals surface area contributed by atoms with Gasteiger partial charge in [-0.3, -0.25) is 0 Å². The highest BCUT2D eigenvalue weighted by Gasteiger charge is 2.19. The minimum atomic E-state index is -0.0738. The van der Waals surface area contributed by atoms with Crippen LogP contribution in [0.4, 0.5) is 10.5 Å². The van der Waals surface area contributed by atoms with E-state index < -0.39 is 0 Å². The monoisotopic (exact) mass is 389 g/mol. The first-order valence-corrected chi connectivity index (χ1v) is 10.2. The highest BCUT2D eigenvalue weighted by atomic mass is 16.2. The molecule has 0 spiro atoms. The van der Waals surface area contributed by atoms with Crippen molar-refractivity contribution in [3.63, 3.8) is 0 Å². The molecule has 152 valence electrons. The summed E-state index contributed by atoms with van der Waals surface area (Å²) in [7, 11) is 0. The number of carbonyl (C=O) groups is 1. The average molecular weight is 390 g/mol. The number of hydrogen-bond acceptors (Lipinski definition) is 1. The summed E-state index contributed by atoms with van der Waals surface area (Å²) in [5.41, 5.74) is 6.77. The number of nitrogens with zero attached hydrogens (tertiary/aromatic N) is 2. The third-order valence-electron chi connectivity index (χ3n) is 5.20. The van der Waals surface area contributed by atoms with E-state index in [-0.39, 0.29) is 12.1 Å². The third kappa shape index (κ3) is 5.29. The van der Waals surface area contributed by atoms with Gasteiger partial charge in [0.1, 0.15) is 0 Å². The number of rotatable bonds is 6. The Kier molecular flexibility index (Phi) is 6.42.